The Kier molecular flexibility index (Phi) is 3.92. The predicted octanol–water partition coefficient (Wildman–Crippen LogP) is 3.68. The molecule has 0 fully saturated rings. The molecule has 0 atom stereocenters. The van der Waals surface area contributed by atoms with Crippen molar-refractivity contribution >= 4 is 0 Å². The van der Waals surface area contributed by atoms with Gasteiger partial charge in [0.05, 0.1) is 18.2 Å². The van der Waals surface area contributed by atoms with Gasteiger partial charge >= 0.3 is 0 Å². The summed E-state index contributed by atoms with van der Waals surface area (Å²) < 4.78 is 4.96. The minimum Gasteiger partial charge on any atom is -0.472 e. The average molecular weight is 189 g/mol. The van der Waals surface area contributed by atoms with Crippen LogP contribution in [0.2, 0.25) is 0 Å². The van der Waals surface area contributed by atoms with Crippen LogP contribution in [0.5, 0.6) is 0 Å². The maximum Gasteiger partial charge on any atom is 0.0996 e. The fourth-order valence-electron chi connectivity index (χ4n) is 1.05. The minimum atomic E-state index is 0.953. The summed E-state index contributed by atoms with van der Waals surface area (Å²) in [6, 6.07) is 5.92. The van der Waals surface area contributed by atoms with E-state index in [1.165, 1.54) is 5.56 Å². The fraction of sp³-hybridized carbons (Fsp3) is 0.250. The van der Waals surface area contributed by atoms with Crippen molar-refractivity contribution in [2.75, 3.05) is 0 Å². The van der Waals surface area contributed by atoms with Gasteiger partial charge in [-0.25, -0.2) is 0 Å². The highest BCUT2D eigenvalue weighted by molar-refractivity contribution is 5.56. The Morgan fingerprint density at radius 2 is 1.93 bits per heavy atom. The Bertz CT molecular complexity index is 348. The summed E-state index contributed by atoms with van der Waals surface area (Å²) in [6.45, 7) is 6.02. The third-order valence-corrected chi connectivity index (χ3v) is 1.73. The molecule has 14 heavy (non-hydrogen) atoms. The van der Waals surface area contributed by atoms with Crippen molar-refractivity contribution in [2.24, 2.45) is 0 Å². The number of furan rings is 1. The van der Waals surface area contributed by atoms with E-state index in [0.29, 0.717) is 0 Å². The van der Waals surface area contributed by atoms with Gasteiger partial charge < -0.3 is 4.42 Å². The first-order valence-electron chi connectivity index (χ1n) is 4.81. The van der Waals surface area contributed by atoms with Crippen molar-refractivity contribution in [1.29, 1.82) is 0 Å². The van der Waals surface area contributed by atoms with E-state index in [9.17, 15) is 0 Å². The van der Waals surface area contributed by atoms with Crippen molar-refractivity contribution in [3.05, 3.63) is 42.5 Å². The van der Waals surface area contributed by atoms with Crippen molar-refractivity contribution < 1.29 is 4.42 Å². The largest absolute Gasteiger partial charge is 0.472 e. The molecule has 2 aromatic heterocycles. The summed E-state index contributed by atoms with van der Waals surface area (Å²) in [7, 11) is 0. The number of aryl methyl sites for hydroxylation is 1. The van der Waals surface area contributed by atoms with Crippen LogP contribution < -0.4 is 0 Å². The summed E-state index contributed by atoms with van der Waals surface area (Å²) in [5, 5.41) is 0. The number of rotatable bonds is 1. The predicted molar refractivity (Wildman–Crippen MR) is 58.0 cm³/mol. The first-order chi connectivity index (χ1) is 6.86. The second-order valence-electron chi connectivity index (χ2n) is 2.73. The Morgan fingerprint density at radius 1 is 1.14 bits per heavy atom. The van der Waals surface area contributed by atoms with Crippen molar-refractivity contribution in [3.8, 4) is 11.3 Å². The zero-order chi connectivity index (χ0) is 10.4. The van der Waals surface area contributed by atoms with Gasteiger partial charge in [0, 0.05) is 11.8 Å². The maximum absolute atomic E-state index is 4.96. The lowest BCUT2D eigenvalue weighted by Gasteiger charge is -1.95. The van der Waals surface area contributed by atoms with Gasteiger partial charge in [-0.05, 0) is 24.6 Å². The van der Waals surface area contributed by atoms with E-state index in [0.717, 1.165) is 11.3 Å². The molecule has 0 spiro atoms. The Labute approximate surface area is 84.6 Å². The van der Waals surface area contributed by atoms with E-state index < -0.39 is 0 Å². The van der Waals surface area contributed by atoms with Crippen LogP contribution in [-0.2, 0) is 0 Å². The number of aromatic nitrogens is 1. The van der Waals surface area contributed by atoms with E-state index in [-0.39, 0.29) is 0 Å². The molecule has 0 bridgehead atoms. The van der Waals surface area contributed by atoms with Crippen LogP contribution in [0.3, 0.4) is 0 Å². The monoisotopic (exact) mass is 189 g/mol. The summed E-state index contributed by atoms with van der Waals surface area (Å²) >= 11 is 0. The lowest BCUT2D eigenvalue weighted by atomic mass is 10.2. The van der Waals surface area contributed by atoms with Gasteiger partial charge in [0.15, 0.2) is 0 Å². The smallest absolute Gasteiger partial charge is 0.0996 e. The molecule has 2 heteroatoms. The lowest BCUT2D eigenvalue weighted by molar-refractivity contribution is 0.568. The molecule has 0 radical (unpaired) electrons. The molecule has 0 amide bonds. The van der Waals surface area contributed by atoms with Gasteiger partial charge in [-0.1, -0.05) is 19.9 Å². The molecule has 2 nitrogen and oxygen atoms in total. The van der Waals surface area contributed by atoms with Gasteiger partial charge in [-0.15, -0.1) is 0 Å². The van der Waals surface area contributed by atoms with Crippen LogP contribution >= 0.6 is 0 Å². The van der Waals surface area contributed by atoms with Crippen molar-refractivity contribution in [1.82, 2.24) is 4.98 Å². The normalized spacial score (nSPS) is 9.07. The lowest BCUT2D eigenvalue weighted by Crippen LogP contribution is -1.80. The standard InChI is InChI=1S/C10H9NO.C2H6/c1-8-2-3-10(11-6-8)9-4-5-12-7-9;1-2/h2-7H,1H3;1-2H3. The molecular formula is C12H15NO. The molecule has 2 heterocycles. The fourth-order valence-corrected chi connectivity index (χ4v) is 1.05. The quantitative estimate of drug-likeness (QED) is 0.684. The maximum atomic E-state index is 4.96. The van der Waals surface area contributed by atoms with E-state index >= 15 is 0 Å². The zero-order valence-corrected chi connectivity index (χ0v) is 8.82. The molecule has 2 aromatic rings. The molecule has 0 N–H and O–H groups in total. The van der Waals surface area contributed by atoms with E-state index in [4.69, 9.17) is 4.42 Å². The van der Waals surface area contributed by atoms with Gasteiger partial charge in [0.25, 0.3) is 0 Å². The molecule has 0 saturated heterocycles. The van der Waals surface area contributed by atoms with Crippen molar-refractivity contribution in [3.63, 3.8) is 0 Å². The first kappa shape index (κ1) is 10.5. The van der Waals surface area contributed by atoms with Gasteiger partial charge in [-0.2, -0.15) is 0 Å². The summed E-state index contributed by atoms with van der Waals surface area (Å²) in [5.41, 5.74) is 3.14. The van der Waals surface area contributed by atoms with Gasteiger partial charge in [-0.3, -0.25) is 4.98 Å². The number of pyridine rings is 1. The number of hydrogen-bond donors (Lipinski definition) is 0. The van der Waals surface area contributed by atoms with E-state index in [1.54, 1.807) is 12.5 Å². The molecule has 0 aliphatic rings. The second-order valence-corrected chi connectivity index (χ2v) is 2.73. The summed E-state index contributed by atoms with van der Waals surface area (Å²) in [4.78, 5) is 4.26. The van der Waals surface area contributed by atoms with Gasteiger partial charge in [0.1, 0.15) is 0 Å². The third-order valence-electron chi connectivity index (χ3n) is 1.73. The second kappa shape index (κ2) is 5.22. The van der Waals surface area contributed by atoms with Crippen LogP contribution in [0, 0.1) is 6.92 Å². The topological polar surface area (TPSA) is 26.0 Å². The van der Waals surface area contributed by atoms with Crippen LogP contribution in [0.1, 0.15) is 19.4 Å². The van der Waals surface area contributed by atoms with Crippen LogP contribution in [0.25, 0.3) is 11.3 Å². The Balaban J connectivity index is 0.000000461. The average Bonchev–Trinajstić information content (AvgIpc) is 2.75. The summed E-state index contributed by atoms with van der Waals surface area (Å²) in [6.07, 6.45) is 5.19. The molecule has 74 valence electrons. The molecule has 0 saturated carbocycles. The van der Waals surface area contributed by atoms with Crippen LogP contribution in [0.4, 0.5) is 0 Å². The van der Waals surface area contributed by atoms with Crippen molar-refractivity contribution in [2.45, 2.75) is 20.8 Å². The van der Waals surface area contributed by atoms with Crippen LogP contribution in [0.15, 0.2) is 41.3 Å². The number of nitrogens with zero attached hydrogens (tertiary/aromatic N) is 1. The Morgan fingerprint density at radius 3 is 2.43 bits per heavy atom. The highest BCUT2D eigenvalue weighted by Crippen LogP contribution is 2.16. The molecular weight excluding hydrogens is 174 g/mol. The SMILES string of the molecule is CC.Cc1ccc(-c2ccoc2)nc1. The van der Waals surface area contributed by atoms with E-state index in [2.05, 4.69) is 4.98 Å². The number of hydrogen-bond acceptors (Lipinski definition) is 2. The highest BCUT2D eigenvalue weighted by atomic mass is 16.3. The van der Waals surface area contributed by atoms with Crippen LogP contribution in [-0.4, -0.2) is 4.98 Å². The zero-order valence-electron chi connectivity index (χ0n) is 8.82. The molecule has 0 aliphatic carbocycles. The highest BCUT2D eigenvalue weighted by Gasteiger charge is 1.98. The molecule has 0 unspecified atom stereocenters. The summed E-state index contributed by atoms with van der Waals surface area (Å²) in [5.74, 6) is 0. The Hall–Kier alpha value is -1.57. The third kappa shape index (κ3) is 2.46. The first-order valence-corrected chi connectivity index (χ1v) is 4.81. The molecule has 0 aromatic carbocycles. The molecule has 2 rings (SSSR count). The van der Waals surface area contributed by atoms with E-state index in [1.807, 2.05) is 45.2 Å². The minimum absolute atomic E-state index is 0.953. The van der Waals surface area contributed by atoms with Gasteiger partial charge in [0.2, 0.25) is 0 Å². The molecule has 0 aliphatic heterocycles.